The van der Waals surface area contributed by atoms with E-state index in [9.17, 15) is 4.79 Å². The molecule has 1 N–H and O–H groups in total. The van der Waals surface area contributed by atoms with E-state index in [1.807, 2.05) is 19.1 Å². The van der Waals surface area contributed by atoms with Gasteiger partial charge in [0.1, 0.15) is 0 Å². The van der Waals surface area contributed by atoms with Gasteiger partial charge in [-0.05, 0) is 19.1 Å². The Kier molecular flexibility index (Phi) is 6.00. The Morgan fingerprint density at radius 1 is 1.33 bits per heavy atom. The zero-order valence-corrected chi connectivity index (χ0v) is 10.8. The highest BCUT2D eigenvalue weighted by molar-refractivity contribution is 5.77. The summed E-state index contributed by atoms with van der Waals surface area (Å²) in [5.74, 6) is 0.973. The number of nitrogens with zero attached hydrogens (tertiary/aromatic N) is 1. The fraction of sp³-hybridized carbons (Fsp3) is 0.462. The van der Waals surface area contributed by atoms with Crippen LogP contribution in [-0.4, -0.2) is 49.3 Å². The van der Waals surface area contributed by atoms with Gasteiger partial charge in [0.25, 0.3) is 5.91 Å². The number of amides is 1. The maximum Gasteiger partial charge on any atom is 0.260 e. The fourth-order valence-corrected chi connectivity index (χ4v) is 1.55. The van der Waals surface area contributed by atoms with Gasteiger partial charge in [-0.2, -0.15) is 0 Å². The predicted molar refractivity (Wildman–Crippen MR) is 67.8 cm³/mol. The molecule has 0 aliphatic carbocycles. The van der Waals surface area contributed by atoms with Gasteiger partial charge in [0, 0.05) is 13.1 Å². The fourth-order valence-electron chi connectivity index (χ4n) is 1.55. The van der Waals surface area contributed by atoms with Crippen molar-refractivity contribution in [2.75, 3.05) is 33.4 Å². The largest absolute Gasteiger partial charge is 0.493 e. The monoisotopic (exact) mass is 253 g/mol. The van der Waals surface area contributed by atoms with E-state index in [0.717, 1.165) is 0 Å². The number of ether oxygens (including phenoxy) is 2. The number of aliphatic hydroxyl groups is 1. The van der Waals surface area contributed by atoms with Crippen LogP contribution in [0.3, 0.4) is 0 Å². The normalized spacial score (nSPS) is 9.94. The van der Waals surface area contributed by atoms with Gasteiger partial charge in [-0.3, -0.25) is 4.79 Å². The first-order valence-electron chi connectivity index (χ1n) is 5.87. The number of hydrogen-bond donors (Lipinski definition) is 1. The van der Waals surface area contributed by atoms with E-state index >= 15 is 0 Å². The van der Waals surface area contributed by atoms with Gasteiger partial charge in [-0.15, -0.1) is 0 Å². The summed E-state index contributed by atoms with van der Waals surface area (Å²) in [4.78, 5) is 13.3. The second-order valence-electron chi connectivity index (χ2n) is 3.64. The molecule has 1 amide bonds. The van der Waals surface area contributed by atoms with E-state index in [1.165, 1.54) is 4.90 Å². The molecular weight excluding hydrogens is 234 g/mol. The third-order valence-corrected chi connectivity index (χ3v) is 2.52. The maximum absolute atomic E-state index is 11.8. The molecule has 5 heteroatoms. The van der Waals surface area contributed by atoms with Crippen LogP contribution in [0.4, 0.5) is 0 Å². The van der Waals surface area contributed by atoms with Crippen LogP contribution < -0.4 is 9.47 Å². The molecule has 0 radical (unpaired) electrons. The van der Waals surface area contributed by atoms with Gasteiger partial charge < -0.3 is 19.5 Å². The van der Waals surface area contributed by atoms with Crippen LogP contribution in [0.5, 0.6) is 11.5 Å². The number of benzene rings is 1. The molecule has 0 unspecified atom stereocenters. The Morgan fingerprint density at radius 2 is 2.00 bits per heavy atom. The quantitative estimate of drug-likeness (QED) is 0.785. The molecule has 0 aliphatic heterocycles. The molecule has 0 aromatic heterocycles. The molecule has 5 nitrogen and oxygen atoms in total. The Balaban J connectivity index is 2.56. The molecule has 0 saturated carbocycles. The summed E-state index contributed by atoms with van der Waals surface area (Å²) in [5, 5.41) is 8.83. The zero-order valence-electron chi connectivity index (χ0n) is 10.8. The number of para-hydroxylation sites is 2. The molecule has 1 rings (SSSR count). The van der Waals surface area contributed by atoms with Crippen LogP contribution in [0.2, 0.25) is 0 Å². The van der Waals surface area contributed by atoms with Gasteiger partial charge in [0.05, 0.1) is 13.7 Å². The Morgan fingerprint density at radius 3 is 2.56 bits per heavy atom. The molecule has 100 valence electrons. The minimum atomic E-state index is -0.155. The first-order chi connectivity index (χ1) is 8.72. The minimum absolute atomic E-state index is 0.0474. The van der Waals surface area contributed by atoms with Crippen molar-refractivity contribution in [1.29, 1.82) is 0 Å². The van der Waals surface area contributed by atoms with Crippen LogP contribution in [0, 0.1) is 0 Å². The number of methoxy groups -OCH3 is 1. The standard InChI is InChI=1S/C13H19NO4/c1-3-14(8-9-15)13(16)10-18-12-7-5-4-6-11(12)17-2/h4-7,15H,3,8-10H2,1-2H3. The molecule has 0 spiro atoms. The van der Waals surface area contributed by atoms with Gasteiger partial charge in [0.2, 0.25) is 0 Å². The number of carbonyl (C=O) groups excluding carboxylic acids is 1. The second kappa shape index (κ2) is 7.55. The molecule has 1 aromatic rings. The molecule has 0 heterocycles. The van der Waals surface area contributed by atoms with Crippen molar-refractivity contribution in [3.63, 3.8) is 0 Å². The molecule has 0 bridgehead atoms. The summed E-state index contributed by atoms with van der Waals surface area (Å²) in [5.41, 5.74) is 0. The van der Waals surface area contributed by atoms with Gasteiger partial charge in [0.15, 0.2) is 18.1 Å². The average molecular weight is 253 g/mol. The number of likely N-dealkylation sites (N-methyl/N-ethyl adjacent to an activating group) is 1. The Bertz CT molecular complexity index is 381. The summed E-state index contributed by atoms with van der Waals surface area (Å²) in [6.45, 7) is 2.62. The van der Waals surface area contributed by atoms with Gasteiger partial charge in [-0.25, -0.2) is 0 Å². The van der Waals surface area contributed by atoms with Crippen molar-refractivity contribution >= 4 is 5.91 Å². The van der Waals surface area contributed by atoms with E-state index in [-0.39, 0.29) is 19.1 Å². The number of hydrogen-bond acceptors (Lipinski definition) is 4. The lowest BCUT2D eigenvalue weighted by Gasteiger charge is -2.20. The number of carbonyl (C=O) groups is 1. The number of rotatable bonds is 7. The summed E-state index contributed by atoms with van der Waals surface area (Å²) in [6.07, 6.45) is 0. The van der Waals surface area contributed by atoms with Gasteiger partial charge in [-0.1, -0.05) is 12.1 Å². The van der Waals surface area contributed by atoms with E-state index in [0.29, 0.717) is 24.6 Å². The molecule has 0 saturated heterocycles. The van der Waals surface area contributed by atoms with Crippen molar-refractivity contribution in [2.45, 2.75) is 6.92 Å². The molecule has 18 heavy (non-hydrogen) atoms. The lowest BCUT2D eigenvalue weighted by molar-refractivity contribution is -0.133. The van der Waals surface area contributed by atoms with E-state index < -0.39 is 0 Å². The van der Waals surface area contributed by atoms with Crippen molar-refractivity contribution in [2.24, 2.45) is 0 Å². The van der Waals surface area contributed by atoms with Crippen LogP contribution in [0.15, 0.2) is 24.3 Å². The van der Waals surface area contributed by atoms with Crippen molar-refractivity contribution in [3.8, 4) is 11.5 Å². The lowest BCUT2D eigenvalue weighted by Crippen LogP contribution is -2.36. The van der Waals surface area contributed by atoms with E-state index in [4.69, 9.17) is 14.6 Å². The smallest absolute Gasteiger partial charge is 0.260 e. The van der Waals surface area contributed by atoms with Crippen LogP contribution >= 0.6 is 0 Å². The summed E-state index contributed by atoms with van der Waals surface area (Å²) in [6, 6.07) is 7.16. The first kappa shape index (κ1) is 14.3. The number of aliphatic hydroxyl groups excluding tert-OH is 1. The Hall–Kier alpha value is -1.75. The third-order valence-electron chi connectivity index (χ3n) is 2.52. The second-order valence-corrected chi connectivity index (χ2v) is 3.64. The summed E-state index contributed by atoms with van der Waals surface area (Å²) in [7, 11) is 1.55. The van der Waals surface area contributed by atoms with Crippen LogP contribution in [0.1, 0.15) is 6.92 Å². The highest BCUT2D eigenvalue weighted by atomic mass is 16.5. The third kappa shape index (κ3) is 3.92. The molecule has 1 aromatic carbocycles. The lowest BCUT2D eigenvalue weighted by atomic mass is 10.3. The maximum atomic E-state index is 11.8. The van der Waals surface area contributed by atoms with Crippen molar-refractivity contribution in [1.82, 2.24) is 4.90 Å². The van der Waals surface area contributed by atoms with Crippen LogP contribution in [-0.2, 0) is 4.79 Å². The highest BCUT2D eigenvalue weighted by Crippen LogP contribution is 2.25. The van der Waals surface area contributed by atoms with E-state index in [1.54, 1.807) is 19.2 Å². The Labute approximate surface area is 107 Å². The zero-order chi connectivity index (χ0) is 13.4. The first-order valence-corrected chi connectivity index (χ1v) is 5.87. The minimum Gasteiger partial charge on any atom is -0.493 e. The molecule has 0 atom stereocenters. The summed E-state index contributed by atoms with van der Waals surface area (Å²) < 4.78 is 10.5. The van der Waals surface area contributed by atoms with E-state index in [2.05, 4.69) is 0 Å². The van der Waals surface area contributed by atoms with Crippen molar-refractivity contribution in [3.05, 3.63) is 24.3 Å². The molecule has 0 fully saturated rings. The average Bonchev–Trinajstić information content (AvgIpc) is 2.42. The summed E-state index contributed by atoms with van der Waals surface area (Å²) >= 11 is 0. The molecular formula is C13H19NO4. The van der Waals surface area contributed by atoms with Gasteiger partial charge >= 0.3 is 0 Å². The molecule has 0 aliphatic rings. The topological polar surface area (TPSA) is 59.0 Å². The van der Waals surface area contributed by atoms with Crippen molar-refractivity contribution < 1.29 is 19.4 Å². The highest BCUT2D eigenvalue weighted by Gasteiger charge is 2.12. The SMILES string of the molecule is CCN(CCO)C(=O)COc1ccccc1OC. The predicted octanol–water partition coefficient (Wildman–Crippen LogP) is 0.915. The van der Waals surface area contributed by atoms with Crippen LogP contribution in [0.25, 0.3) is 0 Å².